The Morgan fingerprint density at radius 3 is 2.62 bits per heavy atom. The zero-order valence-corrected chi connectivity index (χ0v) is 8.86. The van der Waals surface area contributed by atoms with Gasteiger partial charge in [-0.1, -0.05) is 0 Å². The molecule has 0 amide bonds. The Bertz CT molecular complexity index is 217. The summed E-state index contributed by atoms with van der Waals surface area (Å²) < 4.78 is 5.41. The second kappa shape index (κ2) is 5.99. The van der Waals surface area contributed by atoms with Crippen LogP contribution in [0.1, 0.15) is 11.8 Å². The van der Waals surface area contributed by atoms with Crippen LogP contribution in [0.25, 0.3) is 0 Å². The van der Waals surface area contributed by atoms with Crippen LogP contribution in [0.2, 0.25) is 0 Å². The summed E-state index contributed by atoms with van der Waals surface area (Å²) in [5.41, 5.74) is 0. The number of likely N-dealkylation sites (N-methyl/N-ethyl adjacent to an activating group) is 1. The SMILES string of the molecule is CNCCc1nnc(CCSC)o1. The summed E-state index contributed by atoms with van der Waals surface area (Å²) in [5.74, 6) is 2.51. The first-order valence-electron chi connectivity index (χ1n) is 4.31. The van der Waals surface area contributed by atoms with Crippen molar-refractivity contribution in [2.45, 2.75) is 12.8 Å². The second-order valence-corrected chi connectivity index (χ2v) is 3.67. The predicted octanol–water partition coefficient (Wildman–Crippen LogP) is 0.737. The van der Waals surface area contributed by atoms with E-state index in [0.29, 0.717) is 0 Å². The van der Waals surface area contributed by atoms with Crippen LogP contribution in [0.5, 0.6) is 0 Å². The fourth-order valence-electron chi connectivity index (χ4n) is 0.912. The molecule has 0 aromatic carbocycles. The first kappa shape index (κ1) is 10.5. The summed E-state index contributed by atoms with van der Waals surface area (Å²) >= 11 is 1.78. The van der Waals surface area contributed by atoms with E-state index < -0.39 is 0 Å². The van der Waals surface area contributed by atoms with Crippen molar-refractivity contribution in [2.24, 2.45) is 0 Å². The molecule has 0 unspecified atom stereocenters. The van der Waals surface area contributed by atoms with Gasteiger partial charge >= 0.3 is 0 Å². The van der Waals surface area contributed by atoms with E-state index in [1.807, 2.05) is 7.05 Å². The van der Waals surface area contributed by atoms with Gasteiger partial charge in [0.1, 0.15) is 0 Å². The summed E-state index contributed by atoms with van der Waals surface area (Å²) in [5, 5.41) is 10.9. The van der Waals surface area contributed by atoms with Crippen molar-refractivity contribution in [2.75, 3.05) is 25.6 Å². The summed E-state index contributed by atoms with van der Waals surface area (Å²) in [4.78, 5) is 0. The van der Waals surface area contributed by atoms with Crippen molar-refractivity contribution in [3.8, 4) is 0 Å². The van der Waals surface area contributed by atoms with E-state index in [1.165, 1.54) is 0 Å². The Morgan fingerprint density at radius 1 is 1.31 bits per heavy atom. The molecule has 74 valence electrons. The summed E-state index contributed by atoms with van der Waals surface area (Å²) in [6.45, 7) is 0.879. The summed E-state index contributed by atoms with van der Waals surface area (Å²) in [7, 11) is 1.91. The maximum absolute atomic E-state index is 5.41. The quantitative estimate of drug-likeness (QED) is 0.735. The molecule has 0 fully saturated rings. The molecule has 0 bridgehead atoms. The molecule has 0 radical (unpaired) electrons. The number of hydrogen-bond acceptors (Lipinski definition) is 5. The zero-order valence-electron chi connectivity index (χ0n) is 8.04. The van der Waals surface area contributed by atoms with Gasteiger partial charge in [-0.2, -0.15) is 11.8 Å². The Kier molecular flexibility index (Phi) is 4.85. The highest BCUT2D eigenvalue weighted by Crippen LogP contribution is 2.04. The van der Waals surface area contributed by atoms with Crippen LogP contribution in [0.3, 0.4) is 0 Å². The average molecular weight is 201 g/mol. The third-order valence-electron chi connectivity index (χ3n) is 1.62. The topological polar surface area (TPSA) is 51.0 Å². The number of nitrogens with one attached hydrogen (secondary N) is 1. The van der Waals surface area contributed by atoms with Crippen LogP contribution < -0.4 is 5.32 Å². The van der Waals surface area contributed by atoms with E-state index in [0.717, 1.165) is 36.9 Å². The number of nitrogens with zero attached hydrogens (tertiary/aromatic N) is 2. The normalized spacial score (nSPS) is 10.6. The van der Waals surface area contributed by atoms with Crippen LogP contribution in [0, 0.1) is 0 Å². The smallest absolute Gasteiger partial charge is 0.217 e. The molecule has 0 aliphatic carbocycles. The van der Waals surface area contributed by atoms with Crippen LogP contribution in [-0.2, 0) is 12.8 Å². The van der Waals surface area contributed by atoms with Crippen LogP contribution in [0.15, 0.2) is 4.42 Å². The molecule has 1 aromatic heterocycles. The fraction of sp³-hybridized carbons (Fsp3) is 0.750. The highest BCUT2D eigenvalue weighted by atomic mass is 32.2. The predicted molar refractivity (Wildman–Crippen MR) is 54.0 cm³/mol. The molecular formula is C8H15N3OS. The molecule has 1 rings (SSSR count). The molecule has 1 heterocycles. The van der Waals surface area contributed by atoms with E-state index in [-0.39, 0.29) is 0 Å². The van der Waals surface area contributed by atoms with Crippen molar-refractivity contribution < 1.29 is 4.42 Å². The Balaban J connectivity index is 2.34. The third kappa shape index (κ3) is 3.78. The first-order valence-corrected chi connectivity index (χ1v) is 5.71. The maximum Gasteiger partial charge on any atom is 0.217 e. The standard InChI is InChI=1S/C8H15N3OS/c1-9-5-3-7-10-11-8(12-7)4-6-13-2/h9H,3-6H2,1-2H3. The molecule has 1 aromatic rings. The van der Waals surface area contributed by atoms with E-state index >= 15 is 0 Å². The van der Waals surface area contributed by atoms with Crippen molar-refractivity contribution in [1.29, 1.82) is 0 Å². The zero-order chi connectivity index (χ0) is 9.52. The molecule has 1 N–H and O–H groups in total. The largest absolute Gasteiger partial charge is 0.425 e. The van der Waals surface area contributed by atoms with Crippen molar-refractivity contribution in [3.63, 3.8) is 0 Å². The molecule has 0 atom stereocenters. The van der Waals surface area contributed by atoms with E-state index in [9.17, 15) is 0 Å². The number of aryl methyl sites for hydroxylation is 1. The molecule has 0 saturated heterocycles. The molecule has 5 heteroatoms. The van der Waals surface area contributed by atoms with E-state index in [4.69, 9.17) is 4.42 Å². The number of hydrogen-bond donors (Lipinski definition) is 1. The van der Waals surface area contributed by atoms with Crippen LogP contribution in [-0.4, -0.2) is 35.8 Å². The van der Waals surface area contributed by atoms with E-state index in [2.05, 4.69) is 21.8 Å². The van der Waals surface area contributed by atoms with Gasteiger partial charge in [0, 0.05) is 25.1 Å². The van der Waals surface area contributed by atoms with Gasteiger partial charge in [-0.15, -0.1) is 10.2 Å². The van der Waals surface area contributed by atoms with Gasteiger partial charge in [-0.05, 0) is 13.3 Å². The lowest BCUT2D eigenvalue weighted by Crippen LogP contribution is -2.10. The van der Waals surface area contributed by atoms with Crippen LogP contribution >= 0.6 is 11.8 Å². The number of thioether (sulfide) groups is 1. The lowest BCUT2D eigenvalue weighted by Gasteiger charge is -1.92. The monoisotopic (exact) mass is 201 g/mol. The highest BCUT2D eigenvalue weighted by molar-refractivity contribution is 7.98. The van der Waals surface area contributed by atoms with Gasteiger partial charge in [0.2, 0.25) is 11.8 Å². The van der Waals surface area contributed by atoms with Gasteiger partial charge in [0.05, 0.1) is 0 Å². The Hall–Kier alpha value is -0.550. The molecular weight excluding hydrogens is 186 g/mol. The lowest BCUT2D eigenvalue weighted by molar-refractivity contribution is 0.451. The van der Waals surface area contributed by atoms with Crippen LogP contribution in [0.4, 0.5) is 0 Å². The minimum atomic E-state index is 0.727. The molecule has 0 aliphatic rings. The average Bonchev–Trinajstić information content (AvgIpc) is 2.59. The first-order chi connectivity index (χ1) is 6.36. The third-order valence-corrected chi connectivity index (χ3v) is 2.23. The summed E-state index contributed by atoms with van der Waals surface area (Å²) in [6.07, 6.45) is 3.74. The number of aromatic nitrogens is 2. The molecule has 4 nitrogen and oxygen atoms in total. The van der Waals surface area contributed by atoms with Gasteiger partial charge in [0.25, 0.3) is 0 Å². The minimum absolute atomic E-state index is 0.727. The van der Waals surface area contributed by atoms with Gasteiger partial charge in [0.15, 0.2) is 0 Å². The van der Waals surface area contributed by atoms with Crippen molar-refractivity contribution in [3.05, 3.63) is 11.8 Å². The van der Waals surface area contributed by atoms with Gasteiger partial charge in [-0.3, -0.25) is 0 Å². The van der Waals surface area contributed by atoms with Crippen molar-refractivity contribution in [1.82, 2.24) is 15.5 Å². The molecule has 0 aliphatic heterocycles. The Labute approximate surface area is 82.5 Å². The second-order valence-electron chi connectivity index (χ2n) is 2.69. The van der Waals surface area contributed by atoms with Gasteiger partial charge in [-0.25, -0.2) is 0 Å². The molecule has 13 heavy (non-hydrogen) atoms. The van der Waals surface area contributed by atoms with Gasteiger partial charge < -0.3 is 9.73 Å². The maximum atomic E-state index is 5.41. The van der Waals surface area contributed by atoms with E-state index in [1.54, 1.807) is 11.8 Å². The summed E-state index contributed by atoms with van der Waals surface area (Å²) in [6, 6.07) is 0. The molecule has 0 saturated carbocycles. The molecule has 0 spiro atoms. The Morgan fingerprint density at radius 2 is 2.00 bits per heavy atom. The van der Waals surface area contributed by atoms with Crippen molar-refractivity contribution >= 4 is 11.8 Å². The lowest BCUT2D eigenvalue weighted by atomic mass is 10.4. The number of rotatable bonds is 6. The minimum Gasteiger partial charge on any atom is -0.425 e. The highest BCUT2D eigenvalue weighted by Gasteiger charge is 2.04. The fourth-order valence-corrected chi connectivity index (χ4v) is 1.29.